The zero-order valence-electron chi connectivity index (χ0n) is 8.96. The molecule has 1 unspecified atom stereocenters. The molecule has 0 aliphatic carbocycles. The number of nitriles is 1. The van der Waals surface area contributed by atoms with Crippen molar-refractivity contribution in [3.63, 3.8) is 0 Å². The predicted molar refractivity (Wildman–Crippen MR) is 62.1 cm³/mol. The van der Waals surface area contributed by atoms with Crippen molar-refractivity contribution in [2.75, 3.05) is 6.54 Å². The molecule has 0 saturated carbocycles. The van der Waals surface area contributed by atoms with E-state index in [1.165, 1.54) is 12.1 Å². The fraction of sp³-hybridized carbons (Fsp3) is 0.200. The van der Waals surface area contributed by atoms with Gasteiger partial charge in [0.25, 0.3) is 5.69 Å². The van der Waals surface area contributed by atoms with Gasteiger partial charge in [-0.3, -0.25) is 20.2 Å². The Labute approximate surface area is 107 Å². The summed E-state index contributed by atoms with van der Waals surface area (Å²) in [6.07, 6.45) is 0. The van der Waals surface area contributed by atoms with E-state index in [0.717, 1.165) is 6.07 Å². The van der Waals surface area contributed by atoms with Gasteiger partial charge in [-0.25, -0.2) is 0 Å². The number of hydrogen-bond acceptors (Lipinski definition) is 5. The van der Waals surface area contributed by atoms with Crippen molar-refractivity contribution in [1.29, 1.82) is 5.26 Å². The minimum absolute atomic E-state index is 0.0429. The van der Waals surface area contributed by atoms with Crippen LogP contribution in [0.4, 0.5) is 5.69 Å². The zero-order valence-corrected chi connectivity index (χ0v) is 9.72. The summed E-state index contributed by atoms with van der Waals surface area (Å²) in [5.74, 6) is -1.13. The van der Waals surface area contributed by atoms with Crippen LogP contribution >= 0.6 is 11.6 Å². The molecule has 2 N–H and O–H groups in total. The van der Waals surface area contributed by atoms with Gasteiger partial charge in [-0.2, -0.15) is 5.26 Å². The van der Waals surface area contributed by atoms with Crippen LogP contribution in [0.15, 0.2) is 18.2 Å². The lowest BCUT2D eigenvalue weighted by Gasteiger charge is -2.10. The molecular weight excluding hydrogens is 262 g/mol. The van der Waals surface area contributed by atoms with Gasteiger partial charge in [0.15, 0.2) is 0 Å². The summed E-state index contributed by atoms with van der Waals surface area (Å²) in [5.41, 5.74) is -0.0404. The van der Waals surface area contributed by atoms with Crippen LogP contribution in [0.25, 0.3) is 0 Å². The third kappa shape index (κ3) is 3.41. The average Bonchev–Trinajstić information content (AvgIpc) is 2.31. The largest absolute Gasteiger partial charge is 0.480 e. The van der Waals surface area contributed by atoms with Crippen molar-refractivity contribution >= 4 is 23.3 Å². The molecule has 1 atom stereocenters. The second kappa shape index (κ2) is 5.95. The summed E-state index contributed by atoms with van der Waals surface area (Å²) in [4.78, 5) is 20.4. The second-order valence-electron chi connectivity index (χ2n) is 3.30. The minimum atomic E-state index is -1.13. The molecule has 0 aliphatic rings. The van der Waals surface area contributed by atoms with Gasteiger partial charge in [-0.1, -0.05) is 17.7 Å². The van der Waals surface area contributed by atoms with E-state index < -0.39 is 23.5 Å². The molecule has 1 aromatic carbocycles. The van der Waals surface area contributed by atoms with E-state index in [4.69, 9.17) is 22.0 Å². The smallest absolute Gasteiger partial charge is 0.317 e. The van der Waals surface area contributed by atoms with Gasteiger partial charge in [-0.05, 0) is 11.6 Å². The molecule has 0 spiro atoms. The Balaban J connectivity index is 3.00. The van der Waals surface area contributed by atoms with Gasteiger partial charge in [0, 0.05) is 6.07 Å². The maximum Gasteiger partial charge on any atom is 0.317 e. The third-order valence-corrected chi connectivity index (χ3v) is 2.41. The Morgan fingerprint density at radius 3 is 2.83 bits per heavy atom. The van der Waals surface area contributed by atoms with E-state index in [2.05, 4.69) is 5.32 Å². The fourth-order valence-corrected chi connectivity index (χ4v) is 1.46. The van der Waals surface area contributed by atoms with Crippen LogP contribution in [0.3, 0.4) is 0 Å². The first-order valence-corrected chi connectivity index (χ1v) is 5.12. The van der Waals surface area contributed by atoms with E-state index in [9.17, 15) is 14.9 Å². The first-order chi connectivity index (χ1) is 8.45. The van der Waals surface area contributed by atoms with Crippen LogP contribution in [0.5, 0.6) is 0 Å². The predicted octanol–water partition coefficient (Wildman–Crippen LogP) is 1.49. The van der Waals surface area contributed by atoms with Crippen LogP contribution in [-0.2, 0) is 4.79 Å². The lowest BCUT2D eigenvalue weighted by molar-refractivity contribution is -0.384. The Kier molecular flexibility index (Phi) is 4.59. The molecule has 7 nitrogen and oxygen atoms in total. The van der Waals surface area contributed by atoms with Gasteiger partial charge >= 0.3 is 5.97 Å². The van der Waals surface area contributed by atoms with Gasteiger partial charge in [-0.15, -0.1) is 0 Å². The number of hydrogen-bond donors (Lipinski definition) is 2. The lowest BCUT2D eigenvalue weighted by Crippen LogP contribution is -2.26. The van der Waals surface area contributed by atoms with Gasteiger partial charge in [0.1, 0.15) is 11.1 Å². The monoisotopic (exact) mass is 269 g/mol. The van der Waals surface area contributed by atoms with Gasteiger partial charge < -0.3 is 5.11 Å². The van der Waals surface area contributed by atoms with Crippen molar-refractivity contribution in [2.45, 2.75) is 6.04 Å². The van der Waals surface area contributed by atoms with Crippen molar-refractivity contribution in [1.82, 2.24) is 5.32 Å². The van der Waals surface area contributed by atoms with Crippen LogP contribution in [0.2, 0.25) is 5.02 Å². The minimum Gasteiger partial charge on any atom is -0.480 e. The first-order valence-electron chi connectivity index (χ1n) is 4.74. The number of carbonyl (C=O) groups is 1. The number of nitro groups is 1. The Hall–Kier alpha value is -2.17. The quantitative estimate of drug-likeness (QED) is 0.618. The molecule has 0 aliphatic heterocycles. The maximum absolute atomic E-state index is 10.7. The number of nitrogens with one attached hydrogen (secondary N) is 1. The number of aliphatic carboxylic acids is 1. The van der Waals surface area contributed by atoms with Crippen LogP contribution in [0.1, 0.15) is 11.6 Å². The molecular formula is C10H8ClN3O4. The van der Waals surface area contributed by atoms with Crippen molar-refractivity contribution < 1.29 is 14.8 Å². The van der Waals surface area contributed by atoms with Crippen LogP contribution < -0.4 is 5.32 Å². The van der Waals surface area contributed by atoms with Gasteiger partial charge in [0.2, 0.25) is 0 Å². The summed E-state index contributed by atoms with van der Waals surface area (Å²) >= 11 is 5.63. The third-order valence-electron chi connectivity index (χ3n) is 2.09. The lowest BCUT2D eigenvalue weighted by atomic mass is 10.1. The highest BCUT2D eigenvalue weighted by Crippen LogP contribution is 2.27. The summed E-state index contributed by atoms with van der Waals surface area (Å²) in [7, 11) is 0. The van der Waals surface area contributed by atoms with E-state index in [0.29, 0.717) is 0 Å². The number of benzene rings is 1. The molecule has 1 aromatic rings. The van der Waals surface area contributed by atoms with Crippen molar-refractivity contribution in [3.05, 3.63) is 38.9 Å². The van der Waals surface area contributed by atoms with Crippen molar-refractivity contribution in [2.24, 2.45) is 0 Å². The summed E-state index contributed by atoms with van der Waals surface area (Å²) in [5, 5.41) is 30.4. The normalized spacial score (nSPS) is 11.6. The SMILES string of the molecule is N#CC(NCC(=O)O)c1ccc(Cl)c([N+](=O)[O-])c1. The van der Waals surface area contributed by atoms with E-state index in [1.54, 1.807) is 0 Å². The Morgan fingerprint density at radius 1 is 1.67 bits per heavy atom. The average molecular weight is 270 g/mol. The molecule has 0 heterocycles. The highest BCUT2D eigenvalue weighted by Gasteiger charge is 2.18. The molecule has 8 heteroatoms. The first kappa shape index (κ1) is 13.9. The van der Waals surface area contributed by atoms with E-state index >= 15 is 0 Å². The molecule has 0 bridgehead atoms. The number of nitrogens with zero attached hydrogens (tertiary/aromatic N) is 2. The topological polar surface area (TPSA) is 116 Å². The van der Waals surface area contributed by atoms with Crippen LogP contribution in [-0.4, -0.2) is 22.5 Å². The second-order valence-corrected chi connectivity index (χ2v) is 3.71. The van der Waals surface area contributed by atoms with Gasteiger partial charge in [0.05, 0.1) is 17.5 Å². The molecule has 0 radical (unpaired) electrons. The summed E-state index contributed by atoms with van der Waals surface area (Å²) < 4.78 is 0. The molecule has 0 aromatic heterocycles. The number of nitro benzene ring substituents is 1. The number of halogens is 1. The van der Waals surface area contributed by atoms with E-state index in [1.807, 2.05) is 6.07 Å². The number of carboxylic acids is 1. The standard InChI is InChI=1S/C10H8ClN3O4/c11-7-2-1-6(3-9(7)14(17)18)8(4-12)13-5-10(15)16/h1-3,8,13H,5H2,(H,15,16). The highest BCUT2D eigenvalue weighted by molar-refractivity contribution is 6.32. The van der Waals surface area contributed by atoms with Crippen LogP contribution in [0, 0.1) is 21.4 Å². The number of rotatable bonds is 5. The Morgan fingerprint density at radius 2 is 2.33 bits per heavy atom. The maximum atomic E-state index is 10.7. The molecule has 0 fully saturated rings. The molecule has 0 saturated heterocycles. The molecule has 0 amide bonds. The number of carboxylic acid groups (broad SMARTS) is 1. The summed E-state index contributed by atoms with van der Waals surface area (Å²) in [6, 6.07) is 4.74. The molecule has 94 valence electrons. The molecule has 1 rings (SSSR count). The fourth-order valence-electron chi connectivity index (χ4n) is 1.28. The summed E-state index contributed by atoms with van der Waals surface area (Å²) in [6.45, 7) is -0.422. The van der Waals surface area contributed by atoms with E-state index in [-0.39, 0.29) is 16.3 Å². The highest BCUT2D eigenvalue weighted by atomic mass is 35.5. The van der Waals surface area contributed by atoms with Crippen molar-refractivity contribution in [3.8, 4) is 6.07 Å². The Bertz CT molecular complexity index is 526. The zero-order chi connectivity index (χ0) is 13.7. The molecule has 18 heavy (non-hydrogen) atoms.